The SMILES string of the molecule is CC(C)N1CCNCC1CO. The Kier molecular flexibility index (Phi) is 3.30. The zero-order chi connectivity index (χ0) is 8.27. The fourth-order valence-electron chi connectivity index (χ4n) is 1.63. The Bertz CT molecular complexity index is 117. The van der Waals surface area contributed by atoms with E-state index in [1.54, 1.807) is 0 Å². The molecule has 66 valence electrons. The molecule has 2 N–H and O–H groups in total. The second kappa shape index (κ2) is 4.04. The zero-order valence-corrected chi connectivity index (χ0v) is 7.38. The van der Waals surface area contributed by atoms with Crippen molar-refractivity contribution in [1.29, 1.82) is 0 Å². The molecule has 3 nitrogen and oxygen atoms in total. The molecule has 0 aromatic heterocycles. The summed E-state index contributed by atoms with van der Waals surface area (Å²) in [7, 11) is 0. The number of piperazine rings is 1. The lowest BCUT2D eigenvalue weighted by molar-refractivity contribution is 0.0753. The van der Waals surface area contributed by atoms with Crippen LogP contribution in [0.4, 0.5) is 0 Å². The molecule has 0 aromatic carbocycles. The molecule has 0 spiro atoms. The second-order valence-electron chi connectivity index (χ2n) is 3.37. The van der Waals surface area contributed by atoms with Gasteiger partial charge in [0.25, 0.3) is 0 Å². The lowest BCUT2D eigenvalue weighted by atomic mass is 10.1. The Morgan fingerprint density at radius 1 is 1.64 bits per heavy atom. The molecular weight excluding hydrogens is 140 g/mol. The first-order chi connectivity index (χ1) is 5.25. The van der Waals surface area contributed by atoms with E-state index in [0.29, 0.717) is 12.1 Å². The van der Waals surface area contributed by atoms with Crippen molar-refractivity contribution in [2.24, 2.45) is 0 Å². The third kappa shape index (κ3) is 2.15. The quantitative estimate of drug-likeness (QED) is 0.577. The van der Waals surface area contributed by atoms with Crippen molar-refractivity contribution in [3.8, 4) is 0 Å². The number of aliphatic hydroxyl groups is 1. The fraction of sp³-hybridized carbons (Fsp3) is 1.00. The highest BCUT2D eigenvalue weighted by molar-refractivity contribution is 4.80. The molecule has 11 heavy (non-hydrogen) atoms. The summed E-state index contributed by atoms with van der Waals surface area (Å²) in [6.07, 6.45) is 0. The molecule has 1 aliphatic heterocycles. The highest BCUT2D eigenvalue weighted by Crippen LogP contribution is 2.06. The molecule has 0 bridgehead atoms. The van der Waals surface area contributed by atoms with Gasteiger partial charge in [0.2, 0.25) is 0 Å². The Labute approximate surface area is 68.4 Å². The molecule has 1 fully saturated rings. The lowest BCUT2D eigenvalue weighted by Crippen LogP contribution is -2.55. The van der Waals surface area contributed by atoms with E-state index in [2.05, 4.69) is 24.1 Å². The average Bonchev–Trinajstić information content (AvgIpc) is 2.04. The van der Waals surface area contributed by atoms with Crippen LogP contribution in [0, 0.1) is 0 Å². The van der Waals surface area contributed by atoms with Gasteiger partial charge in [0.05, 0.1) is 6.61 Å². The van der Waals surface area contributed by atoms with Crippen LogP contribution in [0.1, 0.15) is 13.8 Å². The molecule has 0 saturated carbocycles. The van der Waals surface area contributed by atoms with Gasteiger partial charge in [0.1, 0.15) is 0 Å². The van der Waals surface area contributed by atoms with Gasteiger partial charge >= 0.3 is 0 Å². The van der Waals surface area contributed by atoms with Crippen molar-refractivity contribution in [1.82, 2.24) is 10.2 Å². The number of nitrogens with zero attached hydrogens (tertiary/aromatic N) is 1. The molecule has 1 heterocycles. The third-order valence-corrected chi connectivity index (χ3v) is 2.27. The van der Waals surface area contributed by atoms with Crippen molar-refractivity contribution >= 4 is 0 Å². The average molecular weight is 158 g/mol. The van der Waals surface area contributed by atoms with Gasteiger partial charge in [0, 0.05) is 31.7 Å². The van der Waals surface area contributed by atoms with Gasteiger partial charge in [-0.2, -0.15) is 0 Å². The Hall–Kier alpha value is -0.120. The monoisotopic (exact) mass is 158 g/mol. The molecule has 1 unspecified atom stereocenters. The number of rotatable bonds is 2. The maximum absolute atomic E-state index is 9.03. The standard InChI is InChI=1S/C8H18N2O/c1-7(2)10-4-3-9-5-8(10)6-11/h7-9,11H,3-6H2,1-2H3. The molecule has 0 aliphatic carbocycles. The minimum atomic E-state index is 0.269. The van der Waals surface area contributed by atoms with Crippen LogP contribution >= 0.6 is 0 Å². The summed E-state index contributed by atoms with van der Waals surface area (Å²) in [6.45, 7) is 7.65. The van der Waals surface area contributed by atoms with Crippen LogP contribution in [-0.2, 0) is 0 Å². The molecule has 3 heteroatoms. The fourth-order valence-corrected chi connectivity index (χ4v) is 1.63. The van der Waals surface area contributed by atoms with E-state index < -0.39 is 0 Å². The predicted molar refractivity (Wildman–Crippen MR) is 45.6 cm³/mol. The first kappa shape index (κ1) is 8.97. The van der Waals surface area contributed by atoms with Gasteiger partial charge in [0.15, 0.2) is 0 Å². The van der Waals surface area contributed by atoms with Crippen LogP contribution in [0.5, 0.6) is 0 Å². The normalized spacial score (nSPS) is 27.8. The maximum Gasteiger partial charge on any atom is 0.0599 e. The second-order valence-corrected chi connectivity index (χ2v) is 3.37. The van der Waals surface area contributed by atoms with Crippen LogP contribution in [0.25, 0.3) is 0 Å². The largest absolute Gasteiger partial charge is 0.395 e. The van der Waals surface area contributed by atoms with Gasteiger partial charge in [-0.15, -0.1) is 0 Å². The molecule has 1 saturated heterocycles. The lowest BCUT2D eigenvalue weighted by Gasteiger charge is -2.37. The van der Waals surface area contributed by atoms with E-state index in [9.17, 15) is 0 Å². The Morgan fingerprint density at radius 3 is 2.82 bits per heavy atom. The van der Waals surface area contributed by atoms with Crippen molar-refractivity contribution in [2.75, 3.05) is 26.2 Å². The number of hydrogen-bond acceptors (Lipinski definition) is 3. The van der Waals surface area contributed by atoms with Gasteiger partial charge in [-0.25, -0.2) is 0 Å². The van der Waals surface area contributed by atoms with Crippen molar-refractivity contribution in [3.63, 3.8) is 0 Å². The van der Waals surface area contributed by atoms with Crippen LogP contribution in [0.15, 0.2) is 0 Å². The summed E-state index contributed by atoms with van der Waals surface area (Å²) >= 11 is 0. The van der Waals surface area contributed by atoms with Gasteiger partial charge in [-0.1, -0.05) is 0 Å². The van der Waals surface area contributed by atoms with E-state index in [0.717, 1.165) is 19.6 Å². The summed E-state index contributed by atoms with van der Waals surface area (Å²) in [5, 5.41) is 12.3. The highest BCUT2D eigenvalue weighted by atomic mass is 16.3. The first-order valence-corrected chi connectivity index (χ1v) is 4.33. The molecule has 0 aromatic rings. The summed E-state index contributed by atoms with van der Waals surface area (Å²) in [4.78, 5) is 2.34. The summed E-state index contributed by atoms with van der Waals surface area (Å²) in [5.74, 6) is 0. The maximum atomic E-state index is 9.03. The molecule has 1 aliphatic rings. The number of nitrogens with one attached hydrogen (secondary N) is 1. The third-order valence-electron chi connectivity index (χ3n) is 2.27. The Morgan fingerprint density at radius 2 is 2.36 bits per heavy atom. The topological polar surface area (TPSA) is 35.5 Å². The number of aliphatic hydroxyl groups excluding tert-OH is 1. The minimum absolute atomic E-state index is 0.269. The van der Waals surface area contributed by atoms with E-state index in [4.69, 9.17) is 5.11 Å². The van der Waals surface area contributed by atoms with Crippen LogP contribution < -0.4 is 5.32 Å². The van der Waals surface area contributed by atoms with Gasteiger partial charge in [-0.3, -0.25) is 4.90 Å². The summed E-state index contributed by atoms with van der Waals surface area (Å²) in [6, 6.07) is 0.873. The van der Waals surface area contributed by atoms with E-state index in [-0.39, 0.29) is 6.61 Å². The summed E-state index contributed by atoms with van der Waals surface area (Å²) < 4.78 is 0. The highest BCUT2D eigenvalue weighted by Gasteiger charge is 2.22. The van der Waals surface area contributed by atoms with Crippen LogP contribution in [0.2, 0.25) is 0 Å². The van der Waals surface area contributed by atoms with Crippen LogP contribution in [0.3, 0.4) is 0 Å². The van der Waals surface area contributed by atoms with E-state index in [1.165, 1.54) is 0 Å². The molecular formula is C8H18N2O. The van der Waals surface area contributed by atoms with Crippen molar-refractivity contribution in [3.05, 3.63) is 0 Å². The summed E-state index contributed by atoms with van der Waals surface area (Å²) in [5.41, 5.74) is 0. The van der Waals surface area contributed by atoms with Gasteiger partial charge in [-0.05, 0) is 13.8 Å². The van der Waals surface area contributed by atoms with Crippen LogP contribution in [-0.4, -0.2) is 48.3 Å². The van der Waals surface area contributed by atoms with E-state index >= 15 is 0 Å². The molecule has 1 atom stereocenters. The molecule has 0 amide bonds. The first-order valence-electron chi connectivity index (χ1n) is 4.33. The predicted octanol–water partition coefficient (Wildman–Crippen LogP) is -0.339. The number of hydrogen-bond donors (Lipinski definition) is 2. The molecule has 0 radical (unpaired) electrons. The minimum Gasteiger partial charge on any atom is -0.395 e. The Balaban J connectivity index is 2.44. The van der Waals surface area contributed by atoms with Crippen molar-refractivity contribution in [2.45, 2.75) is 25.9 Å². The van der Waals surface area contributed by atoms with Crippen molar-refractivity contribution < 1.29 is 5.11 Å². The van der Waals surface area contributed by atoms with E-state index in [1.807, 2.05) is 0 Å². The van der Waals surface area contributed by atoms with Gasteiger partial charge < -0.3 is 10.4 Å². The zero-order valence-electron chi connectivity index (χ0n) is 7.38. The molecule has 1 rings (SSSR count). The smallest absolute Gasteiger partial charge is 0.0599 e.